The highest BCUT2D eigenvalue weighted by Gasteiger charge is 2.16. The van der Waals surface area contributed by atoms with E-state index < -0.39 is 0 Å². The van der Waals surface area contributed by atoms with E-state index in [-0.39, 0.29) is 12.6 Å². The van der Waals surface area contributed by atoms with Crippen LogP contribution in [0, 0.1) is 6.92 Å². The van der Waals surface area contributed by atoms with Crippen LogP contribution in [0.5, 0.6) is 11.5 Å². The molecule has 0 spiro atoms. The third kappa shape index (κ3) is 3.39. The predicted molar refractivity (Wildman–Crippen MR) is 83.4 cm³/mol. The lowest BCUT2D eigenvalue weighted by Gasteiger charge is -2.04. The minimum Gasteiger partial charge on any atom is -0.454 e. The molecule has 0 radical (unpaired) electrons. The number of carbonyl (C=O) groups excluding carboxylic acids is 1. The van der Waals surface area contributed by atoms with Gasteiger partial charge in [0.1, 0.15) is 0 Å². The minimum atomic E-state index is 0.132. The molecule has 21 heavy (non-hydrogen) atoms. The van der Waals surface area contributed by atoms with Crippen molar-refractivity contribution in [2.75, 3.05) is 12.5 Å². The van der Waals surface area contributed by atoms with Crippen molar-refractivity contribution in [1.82, 2.24) is 0 Å². The van der Waals surface area contributed by atoms with Gasteiger partial charge in [0.2, 0.25) is 6.79 Å². The summed E-state index contributed by atoms with van der Waals surface area (Å²) in [6.07, 6.45) is 0.512. The van der Waals surface area contributed by atoms with Crippen molar-refractivity contribution < 1.29 is 14.3 Å². The molecule has 3 nitrogen and oxygen atoms in total. The summed E-state index contributed by atoms with van der Waals surface area (Å²) < 4.78 is 10.5. The predicted octanol–water partition coefficient (Wildman–Crippen LogP) is 4.09. The van der Waals surface area contributed by atoms with Gasteiger partial charge in [-0.1, -0.05) is 17.7 Å². The van der Waals surface area contributed by atoms with E-state index in [2.05, 4.69) is 31.2 Å². The molecule has 1 aliphatic heterocycles. The number of Topliss-reactive ketones (excluding diaryl/α,β-unsaturated/α-hetero) is 1. The summed E-state index contributed by atoms with van der Waals surface area (Å²) in [5.41, 5.74) is 1.93. The van der Waals surface area contributed by atoms with Gasteiger partial charge in [-0.25, -0.2) is 0 Å². The van der Waals surface area contributed by atoms with Crippen LogP contribution in [0.2, 0.25) is 0 Å². The number of aryl methyl sites for hydroxylation is 1. The van der Waals surface area contributed by atoms with Gasteiger partial charge < -0.3 is 9.47 Å². The molecule has 0 aliphatic carbocycles. The Labute approximate surface area is 128 Å². The normalized spacial score (nSPS) is 12.4. The molecule has 2 aromatic rings. The Bertz CT molecular complexity index is 650. The van der Waals surface area contributed by atoms with Crippen LogP contribution in [0.25, 0.3) is 0 Å². The number of hydrogen-bond donors (Lipinski definition) is 0. The van der Waals surface area contributed by atoms with Crippen molar-refractivity contribution in [3.63, 3.8) is 0 Å². The zero-order chi connectivity index (χ0) is 14.7. The van der Waals surface area contributed by atoms with Crippen LogP contribution in [0.1, 0.15) is 22.3 Å². The maximum Gasteiger partial charge on any atom is 0.231 e. The minimum absolute atomic E-state index is 0.132. The summed E-state index contributed by atoms with van der Waals surface area (Å²) in [7, 11) is 0. The fourth-order valence-electron chi connectivity index (χ4n) is 2.11. The van der Waals surface area contributed by atoms with Gasteiger partial charge in [-0.3, -0.25) is 4.79 Å². The first kappa shape index (κ1) is 14.0. The Hall–Kier alpha value is -1.94. The van der Waals surface area contributed by atoms with Gasteiger partial charge in [0, 0.05) is 22.6 Å². The zero-order valence-electron chi connectivity index (χ0n) is 11.8. The maximum atomic E-state index is 12.2. The Balaban J connectivity index is 1.55. The van der Waals surface area contributed by atoms with Gasteiger partial charge in [-0.05, 0) is 37.3 Å². The van der Waals surface area contributed by atoms with Crippen molar-refractivity contribution in [3.8, 4) is 11.5 Å². The van der Waals surface area contributed by atoms with Crippen LogP contribution < -0.4 is 9.47 Å². The van der Waals surface area contributed by atoms with E-state index in [4.69, 9.17) is 9.47 Å². The molecule has 0 bridgehead atoms. The molecule has 1 aliphatic rings. The average molecular weight is 300 g/mol. The van der Waals surface area contributed by atoms with Gasteiger partial charge in [0.25, 0.3) is 0 Å². The van der Waals surface area contributed by atoms with E-state index in [9.17, 15) is 4.79 Å². The summed E-state index contributed by atoms with van der Waals surface area (Å²) in [5.74, 6) is 2.27. The molecule has 0 unspecified atom stereocenters. The lowest BCUT2D eigenvalue weighted by molar-refractivity contribution is 0.0989. The number of thioether (sulfide) groups is 1. The fraction of sp³-hybridized carbons (Fsp3) is 0.235. The molecule has 0 aromatic heterocycles. The molecule has 0 saturated carbocycles. The number of ether oxygens (including phenoxy) is 2. The van der Waals surface area contributed by atoms with Crippen LogP contribution in [0.4, 0.5) is 0 Å². The molecule has 1 heterocycles. The van der Waals surface area contributed by atoms with Crippen molar-refractivity contribution in [2.45, 2.75) is 18.2 Å². The molecule has 0 N–H and O–H groups in total. The Morgan fingerprint density at radius 2 is 1.86 bits per heavy atom. The van der Waals surface area contributed by atoms with Crippen molar-refractivity contribution >= 4 is 17.5 Å². The first-order valence-corrected chi connectivity index (χ1v) is 7.83. The highest BCUT2D eigenvalue weighted by molar-refractivity contribution is 7.99. The zero-order valence-corrected chi connectivity index (χ0v) is 12.6. The van der Waals surface area contributed by atoms with Crippen LogP contribution in [0.15, 0.2) is 47.4 Å². The number of fused-ring (bicyclic) bond motifs is 1. The van der Waals surface area contributed by atoms with E-state index in [1.165, 1.54) is 10.5 Å². The number of rotatable bonds is 5. The van der Waals surface area contributed by atoms with Gasteiger partial charge in [-0.15, -0.1) is 11.8 Å². The van der Waals surface area contributed by atoms with Crippen molar-refractivity contribution in [2.24, 2.45) is 0 Å². The molecular formula is C17H16O3S. The van der Waals surface area contributed by atoms with Crippen LogP contribution in [-0.4, -0.2) is 18.3 Å². The topological polar surface area (TPSA) is 35.5 Å². The monoisotopic (exact) mass is 300 g/mol. The SMILES string of the molecule is Cc1ccc(SCCC(=O)c2ccc3c(c2)OCO3)cc1. The van der Waals surface area contributed by atoms with Crippen LogP contribution in [-0.2, 0) is 0 Å². The second kappa shape index (κ2) is 6.22. The number of hydrogen-bond acceptors (Lipinski definition) is 4. The molecule has 0 saturated heterocycles. The molecule has 0 fully saturated rings. The molecule has 4 heteroatoms. The lowest BCUT2D eigenvalue weighted by atomic mass is 10.1. The van der Waals surface area contributed by atoms with E-state index in [1.54, 1.807) is 30.0 Å². The Morgan fingerprint density at radius 3 is 2.67 bits per heavy atom. The molecule has 0 amide bonds. The standard InChI is InChI=1S/C17H16O3S/c1-12-2-5-14(6-3-12)21-9-8-15(18)13-4-7-16-17(10-13)20-11-19-16/h2-7,10H,8-9,11H2,1H3. The summed E-state index contributed by atoms with van der Waals surface area (Å²) in [4.78, 5) is 13.4. The first-order chi connectivity index (χ1) is 10.2. The molecule has 3 rings (SSSR count). The molecule has 0 atom stereocenters. The number of ketones is 1. The van der Waals surface area contributed by atoms with E-state index in [0.717, 1.165) is 5.75 Å². The van der Waals surface area contributed by atoms with Gasteiger partial charge >= 0.3 is 0 Å². The van der Waals surface area contributed by atoms with E-state index >= 15 is 0 Å². The van der Waals surface area contributed by atoms with Crippen molar-refractivity contribution in [1.29, 1.82) is 0 Å². The second-order valence-corrected chi connectivity index (χ2v) is 6.07. The summed E-state index contributed by atoms with van der Waals surface area (Å²) in [5, 5.41) is 0. The summed E-state index contributed by atoms with van der Waals surface area (Å²) in [6.45, 7) is 2.30. The van der Waals surface area contributed by atoms with Gasteiger partial charge in [0.15, 0.2) is 17.3 Å². The number of benzene rings is 2. The largest absolute Gasteiger partial charge is 0.454 e. The second-order valence-electron chi connectivity index (χ2n) is 4.90. The van der Waals surface area contributed by atoms with Crippen molar-refractivity contribution in [3.05, 3.63) is 53.6 Å². The Kier molecular flexibility index (Phi) is 4.15. The Morgan fingerprint density at radius 1 is 1.10 bits per heavy atom. The quantitative estimate of drug-likeness (QED) is 0.615. The maximum absolute atomic E-state index is 12.2. The molecule has 108 valence electrons. The van der Waals surface area contributed by atoms with E-state index in [0.29, 0.717) is 23.5 Å². The van der Waals surface area contributed by atoms with Gasteiger partial charge in [-0.2, -0.15) is 0 Å². The fourth-order valence-corrected chi connectivity index (χ4v) is 2.96. The highest BCUT2D eigenvalue weighted by atomic mass is 32.2. The molecular weight excluding hydrogens is 284 g/mol. The summed E-state index contributed by atoms with van der Waals surface area (Å²) >= 11 is 1.70. The van der Waals surface area contributed by atoms with Crippen LogP contribution >= 0.6 is 11.8 Å². The first-order valence-electron chi connectivity index (χ1n) is 6.85. The third-order valence-electron chi connectivity index (χ3n) is 3.31. The average Bonchev–Trinajstić information content (AvgIpc) is 2.96. The molecule has 2 aromatic carbocycles. The van der Waals surface area contributed by atoms with Gasteiger partial charge in [0.05, 0.1) is 0 Å². The van der Waals surface area contributed by atoms with E-state index in [1.807, 2.05) is 0 Å². The van der Waals surface area contributed by atoms with Crippen LogP contribution in [0.3, 0.4) is 0 Å². The lowest BCUT2D eigenvalue weighted by Crippen LogP contribution is -2.00. The smallest absolute Gasteiger partial charge is 0.231 e. The highest BCUT2D eigenvalue weighted by Crippen LogP contribution is 2.33. The third-order valence-corrected chi connectivity index (χ3v) is 4.33. The summed E-state index contributed by atoms with van der Waals surface area (Å²) in [6, 6.07) is 13.7. The number of carbonyl (C=O) groups is 1.